The number of benzene rings is 1. The summed E-state index contributed by atoms with van der Waals surface area (Å²) in [5, 5.41) is 0.300. The third-order valence-electron chi connectivity index (χ3n) is 3.49. The predicted octanol–water partition coefficient (Wildman–Crippen LogP) is 4.29. The Morgan fingerprint density at radius 1 is 1.15 bits per heavy atom. The number of halogens is 5. The highest BCUT2D eigenvalue weighted by molar-refractivity contribution is 5.86. The molecule has 0 unspecified atom stereocenters. The van der Waals surface area contributed by atoms with Gasteiger partial charge in [0.25, 0.3) is 0 Å². The van der Waals surface area contributed by atoms with Crippen LogP contribution in [-0.2, 0) is 11.2 Å². The molecule has 0 fully saturated rings. The Labute approximate surface area is 143 Å². The van der Waals surface area contributed by atoms with E-state index in [0.717, 1.165) is 12.1 Å². The third-order valence-corrected chi connectivity index (χ3v) is 3.49. The van der Waals surface area contributed by atoms with Gasteiger partial charge in [-0.1, -0.05) is 0 Å². The van der Waals surface area contributed by atoms with Crippen LogP contribution in [-0.4, -0.2) is 22.9 Å². The molecule has 3 aromatic rings. The lowest BCUT2D eigenvalue weighted by Crippen LogP contribution is -2.15. The molecule has 10 heteroatoms. The van der Waals surface area contributed by atoms with Crippen LogP contribution in [0.1, 0.15) is 5.56 Å². The highest BCUT2D eigenvalue weighted by atomic mass is 19.4. The van der Waals surface area contributed by atoms with Gasteiger partial charge in [-0.2, -0.15) is 0 Å². The van der Waals surface area contributed by atoms with E-state index in [1.165, 1.54) is 18.5 Å². The number of hydrogen-bond donors (Lipinski definition) is 2. The Hall–Kier alpha value is -2.88. The van der Waals surface area contributed by atoms with E-state index in [9.17, 15) is 22.0 Å². The van der Waals surface area contributed by atoms with Crippen molar-refractivity contribution in [1.29, 1.82) is 0 Å². The third kappa shape index (κ3) is 3.85. The fraction of sp³-hybridized carbons (Fsp3) is 0.188. The number of pyridine rings is 1. The van der Waals surface area contributed by atoms with Crippen LogP contribution in [0, 0.1) is 11.6 Å². The molecule has 0 spiro atoms. The number of nitrogens with two attached hydrogens (primary N) is 1. The van der Waals surface area contributed by atoms with Gasteiger partial charge in [-0.25, -0.2) is 13.8 Å². The van der Waals surface area contributed by atoms with E-state index in [1.807, 2.05) is 0 Å². The van der Waals surface area contributed by atoms with Crippen LogP contribution in [0.25, 0.3) is 11.0 Å². The molecule has 0 aliphatic carbocycles. The molecule has 0 aliphatic rings. The van der Waals surface area contributed by atoms with Gasteiger partial charge in [0, 0.05) is 30.2 Å². The first-order valence-corrected chi connectivity index (χ1v) is 7.32. The first kappa shape index (κ1) is 17.9. The van der Waals surface area contributed by atoms with Gasteiger partial charge in [-0.05, 0) is 18.1 Å². The molecule has 2 heterocycles. The van der Waals surface area contributed by atoms with Crippen molar-refractivity contribution in [3.05, 3.63) is 47.8 Å². The average molecular weight is 373 g/mol. The molecule has 0 saturated carbocycles. The van der Waals surface area contributed by atoms with Crippen LogP contribution >= 0.6 is 0 Å². The zero-order valence-corrected chi connectivity index (χ0v) is 13.0. The van der Waals surface area contributed by atoms with E-state index in [2.05, 4.69) is 14.7 Å². The van der Waals surface area contributed by atoms with Gasteiger partial charge in [-0.3, -0.25) is 4.74 Å². The van der Waals surface area contributed by atoms with Gasteiger partial charge >= 0.3 is 6.36 Å². The van der Waals surface area contributed by atoms with Crippen molar-refractivity contribution in [2.24, 2.45) is 0 Å². The van der Waals surface area contributed by atoms with Crippen LogP contribution in [0.3, 0.4) is 0 Å². The summed E-state index contributed by atoms with van der Waals surface area (Å²) in [4.78, 5) is 6.78. The van der Waals surface area contributed by atoms with E-state index < -0.39 is 30.4 Å². The zero-order chi connectivity index (χ0) is 18.9. The van der Waals surface area contributed by atoms with Gasteiger partial charge in [0.05, 0.1) is 12.0 Å². The maximum atomic E-state index is 13.9. The average Bonchev–Trinajstić information content (AvgIpc) is 2.94. The summed E-state index contributed by atoms with van der Waals surface area (Å²) in [7, 11) is 0. The molecule has 2 aromatic heterocycles. The number of aromatic nitrogens is 2. The molecule has 0 saturated heterocycles. The molecule has 0 atom stereocenters. The van der Waals surface area contributed by atoms with Gasteiger partial charge in [0.1, 0.15) is 11.4 Å². The van der Waals surface area contributed by atoms with Crippen molar-refractivity contribution in [2.45, 2.75) is 12.8 Å². The number of nitrogens with one attached hydrogen (secondary N) is 1. The quantitative estimate of drug-likeness (QED) is 0.517. The zero-order valence-electron chi connectivity index (χ0n) is 13.0. The summed E-state index contributed by atoms with van der Waals surface area (Å²) in [6.45, 7) is -0.630. The maximum Gasteiger partial charge on any atom is 0.522 e. The second-order valence-corrected chi connectivity index (χ2v) is 5.31. The molecule has 0 amide bonds. The fourth-order valence-electron chi connectivity index (χ4n) is 2.44. The Kier molecular flexibility index (Phi) is 4.68. The summed E-state index contributed by atoms with van der Waals surface area (Å²) in [6.07, 6.45) is -2.11. The van der Waals surface area contributed by atoms with Crippen molar-refractivity contribution in [3.63, 3.8) is 0 Å². The summed E-state index contributed by atoms with van der Waals surface area (Å²) in [5.74, 6) is -2.67. The smallest absolute Gasteiger partial charge is 0.450 e. The maximum absolute atomic E-state index is 13.9. The lowest BCUT2D eigenvalue weighted by Gasteiger charge is -2.11. The van der Waals surface area contributed by atoms with Crippen LogP contribution < -0.4 is 10.5 Å². The Morgan fingerprint density at radius 2 is 1.85 bits per heavy atom. The van der Waals surface area contributed by atoms with Gasteiger partial charge in [-0.15, -0.1) is 13.2 Å². The molecular formula is C16H12F5N3O2. The minimum Gasteiger partial charge on any atom is -0.450 e. The fourth-order valence-corrected chi connectivity index (χ4v) is 2.44. The lowest BCUT2D eigenvalue weighted by atomic mass is 10.1. The second kappa shape index (κ2) is 6.79. The standard InChI is InChI=1S/C16H12F5N3O2/c17-10-5-9(22)6-11(18)14(10)26-12-1-3-23-15-13(12)8(7-24-15)2-4-25-16(19,20)21/h1,3,5-7H,2,4,22H2,(H,23,24). The Bertz CT molecular complexity index is 916. The molecule has 3 rings (SSSR count). The van der Waals surface area contributed by atoms with Crippen molar-refractivity contribution >= 4 is 16.7 Å². The topological polar surface area (TPSA) is 73.2 Å². The highest BCUT2D eigenvalue weighted by Gasteiger charge is 2.29. The number of nitrogen functional groups attached to an aromatic ring is 1. The number of ether oxygens (including phenoxy) is 2. The summed E-state index contributed by atoms with van der Waals surface area (Å²) < 4.78 is 73.3. The minimum atomic E-state index is -4.75. The van der Waals surface area contributed by atoms with Crippen LogP contribution in [0.5, 0.6) is 11.5 Å². The van der Waals surface area contributed by atoms with Crippen molar-refractivity contribution in [2.75, 3.05) is 12.3 Å². The number of fused-ring (bicyclic) bond motifs is 1. The number of anilines is 1. The molecule has 0 radical (unpaired) electrons. The number of H-pyrrole nitrogens is 1. The predicted molar refractivity (Wildman–Crippen MR) is 82.6 cm³/mol. The van der Waals surface area contributed by atoms with Crippen molar-refractivity contribution in [1.82, 2.24) is 9.97 Å². The molecular weight excluding hydrogens is 361 g/mol. The Balaban J connectivity index is 1.93. The molecule has 0 aliphatic heterocycles. The number of nitrogens with zero attached hydrogens (tertiary/aromatic N) is 1. The lowest BCUT2D eigenvalue weighted by molar-refractivity contribution is -0.324. The number of alkyl halides is 3. The van der Waals surface area contributed by atoms with Crippen LogP contribution in [0.15, 0.2) is 30.6 Å². The van der Waals surface area contributed by atoms with E-state index in [0.29, 0.717) is 16.6 Å². The number of rotatable bonds is 5. The van der Waals surface area contributed by atoms with E-state index in [-0.39, 0.29) is 17.9 Å². The summed E-state index contributed by atoms with van der Waals surface area (Å²) >= 11 is 0. The highest BCUT2D eigenvalue weighted by Crippen LogP contribution is 2.35. The number of aromatic amines is 1. The first-order valence-electron chi connectivity index (χ1n) is 7.32. The monoisotopic (exact) mass is 373 g/mol. The van der Waals surface area contributed by atoms with E-state index in [4.69, 9.17) is 10.5 Å². The molecule has 0 bridgehead atoms. The van der Waals surface area contributed by atoms with Crippen molar-refractivity contribution < 1.29 is 31.4 Å². The molecule has 26 heavy (non-hydrogen) atoms. The van der Waals surface area contributed by atoms with Crippen LogP contribution in [0.4, 0.5) is 27.6 Å². The Morgan fingerprint density at radius 3 is 2.50 bits per heavy atom. The normalized spacial score (nSPS) is 11.9. The molecule has 5 nitrogen and oxygen atoms in total. The van der Waals surface area contributed by atoms with E-state index in [1.54, 1.807) is 0 Å². The van der Waals surface area contributed by atoms with E-state index >= 15 is 0 Å². The van der Waals surface area contributed by atoms with Gasteiger partial charge in [0.15, 0.2) is 17.4 Å². The van der Waals surface area contributed by atoms with Crippen molar-refractivity contribution in [3.8, 4) is 11.5 Å². The molecule has 138 valence electrons. The van der Waals surface area contributed by atoms with Gasteiger partial charge < -0.3 is 15.5 Å². The first-order chi connectivity index (χ1) is 12.2. The largest absolute Gasteiger partial charge is 0.522 e. The van der Waals surface area contributed by atoms with Crippen LogP contribution in [0.2, 0.25) is 0 Å². The summed E-state index contributed by atoms with van der Waals surface area (Å²) in [5.41, 5.74) is 5.93. The summed E-state index contributed by atoms with van der Waals surface area (Å²) in [6, 6.07) is 3.14. The SMILES string of the molecule is Nc1cc(F)c(Oc2ccnc3[nH]cc(CCOC(F)(F)F)c23)c(F)c1. The minimum absolute atomic E-state index is 0.0285. The second-order valence-electron chi connectivity index (χ2n) is 5.31. The molecule has 1 aromatic carbocycles. The number of hydrogen-bond acceptors (Lipinski definition) is 4. The van der Waals surface area contributed by atoms with Gasteiger partial charge in [0.2, 0.25) is 0 Å². The molecule has 3 N–H and O–H groups in total.